The summed E-state index contributed by atoms with van der Waals surface area (Å²) in [6.07, 6.45) is 3.77. The van der Waals surface area contributed by atoms with E-state index in [1.807, 2.05) is 24.7 Å². The van der Waals surface area contributed by atoms with Gasteiger partial charge in [-0.15, -0.1) is 11.3 Å². The molecule has 0 radical (unpaired) electrons. The zero-order chi connectivity index (χ0) is 8.55. The van der Waals surface area contributed by atoms with Crippen molar-refractivity contribution in [1.82, 2.24) is 14.8 Å². The second kappa shape index (κ2) is 3.14. The van der Waals surface area contributed by atoms with Crippen LogP contribution in [0.1, 0.15) is 5.69 Å². The van der Waals surface area contributed by atoms with Crippen LogP contribution < -0.4 is 0 Å². The third-order valence-corrected chi connectivity index (χ3v) is 2.86. The van der Waals surface area contributed by atoms with Gasteiger partial charge >= 0.3 is 0 Å². The molecule has 2 aromatic heterocycles. The number of aryl methyl sites for hydroxylation is 1. The molecule has 0 N–H and O–H groups in total. The summed E-state index contributed by atoms with van der Waals surface area (Å²) in [6, 6.07) is 0. The van der Waals surface area contributed by atoms with Gasteiger partial charge in [0.15, 0.2) is 0 Å². The van der Waals surface area contributed by atoms with Crippen LogP contribution in [0.3, 0.4) is 0 Å². The Bertz CT molecular complexity index is 355. The van der Waals surface area contributed by atoms with Gasteiger partial charge < -0.3 is 0 Å². The summed E-state index contributed by atoms with van der Waals surface area (Å²) in [5.41, 5.74) is 1.04. The van der Waals surface area contributed by atoms with Crippen molar-refractivity contribution in [3.8, 4) is 5.13 Å². The van der Waals surface area contributed by atoms with E-state index in [4.69, 9.17) is 0 Å². The Labute approximate surface area is 87.6 Å². The van der Waals surface area contributed by atoms with E-state index in [0.29, 0.717) is 0 Å². The lowest BCUT2D eigenvalue weighted by atomic mass is 10.6. The molecule has 2 aromatic rings. The molecule has 0 aromatic carbocycles. The van der Waals surface area contributed by atoms with Gasteiger partial charge in [-0.1, -0.05) is 0 Å². The number of rotatable bonds is 1. The standard InChI is InChI=1S/C7H6IN3S/c1-5-4-12-7(10-5)11-3-6(8)2-9-11/h2-4H,1H3. The molecule has 0 atom stereocenters. The minimum atomic E-state index is 0.926. The van der Waals surface area contributed by atoms with E-state index in [2.05, 4.69) is 32.7 Å². The first kappa shape index (κ1) is 8.18. The van der Waals surface area contributed by atoms with Crippen LogP contribution in [0.2, 0.25) is 0 Å². The summed E-state index contributed by atoms with van der Waals surface area (Å²) in [6.45, 7) is 1.98. The van der Waals surface area contributed by atoms with Gasteiger partial charge in [-0.2, -0.15) is 5.10 Å². The molecule has 62 valence electrons. The first-order chi connectivity index (χ1) is 5.75. The second-order valence-corrected chi connectivity index (χ2v) is 4.46. The molecule has 0 amide bonds. The minimum absolute atomic E-state index is 0.926. The summed E-state index contributed by atoms with van der Waals surface area (Å²) in [4.78, 5) is 4.31. The van der Waals surface area contributed by atoms with Crippen molar-refractivity contribution >= 4 is 33.9 Å². The quantitative estimate of drug-likeness (QED) is 0.754. The fraction of sp³-hybridized carbons (Fsp3) is 0.143. The number of nitrogens with zero attached hydrogens (tertiary/aromatic N) is 3. The number of aromatic nitrogens is 3. The van der Waals surface area contributed by atoms with Crippen molar-refractivity contribution in [3.05, 3.63) is 27.0 Å². The molecule has 0 unspecified atom stereocenters. The third kappa shape index (κ3) is 1.51. The lowest BCUT2D eigenvalue weighted by Crippen LogP contribution is -1.92. The molecule has 0 aliphatic heterocycles. The Morgan fingerprint density at radius 3 is 2.92 bits per heavy atom. The molecule has 0 spiro atoms. The van der Waals surface area contributed by atoms with Crippen molar-refractivity contribution < 1.29 is 0 Å². The number of hydrogen-bond donors (Lipinski definition) is 0. The van der Waals surface area contributed by atoms with Crippen LogP contribution in [0.4, 0.5) is 0 Å². The van der Waals surface area contributed by atoms with Gasteiger partial charge in [0.2, 0.25) is 5.13 Å². The molecule has 0 saturated carbocycles. The largest absolute Gasteiger partial charge is 0.224 e. The highest BCUT2D eigenvalue weighted by Crippen LogP contribution is 2.14. The van der Waals surface area contributed by atoms with Gasteiger partial charge in [0.05, 0.1) is 15.5 Å². The van der Waals surface area contributed by atoms with Crippen LogP contribution in [0, 0.1) is 10.5 Å². The molecule has 2 heterocycles. The maximum absolute atomic E-state index is 4.31. The topological polar surface area (TPSA) is 30.7 Å². The lowest BCUT2D eigenvalue weighted by Gasteiger charge is -1.90. The summed E-state index contributed by atoms with van der Waals surface area (Å²) < 4.78 is 2.92. The molecule has 0 fully saturated rings. The van der Waals surface area contributed by atoms with E-state index < -0.39 is 0 Å². The van der Waals surface area contributed by atoms with Crippen molar-refractivity contribution in [2.45, 2.75) is 6.92 Å². The first-order valence-electron chi connectivity index (χ1n) is 3.38. The van der Waals surface area contributed by atoms with Crippen molar-refractivity contribution in [1.29, 1.82) is 0 Å². The SMILES string of the molecule is Cc1csc(-n2cc(I)cn2)n1. The van der Waals surface area contributed by atoms with E-state index >= 15 is 0 Å². The Morgan fingerprint density at radius 1 is 1.58 bits per heavy atom. The van der Waals surface area contributed by atoms with Crippen LogP contribution in [0.25, 0.3) is 5.13 Å². The Balaban J connectivity index is 2.43. The molecular weight excluding hydrogens is 285 g/mol. The summed E-state index contributed by atoms with van der Waals surface area (Å²) in [5, 5.41) is 7.10. The average molecular weight is 291 g/mol. The highest BCUT2D eigenvalue weighted by Gasteiger charge is 2.01. The molecule has 0 aliphatic rings. The highest BCUT2D eigenvalue weighted by molar-refractivity contribution is 14.1. The zero-order valence-electron chi connectivity index (χ0n) is 6.36. The van der Waals surface area contributed by atoms with Gasteiger partial charge in [0.25, 0.3) is 0 Å². The molecule has 2 rings (SSSR count). The predicted octanol–water partition coefficient (Wildman–Crippen LogP) is 2.24. The van der Waals surface area contributed by atoms with Gasteiger partial charge in [-0.25, -0.2) is 9.67 Å². The predicted molar refractivity (Wildman–Crippen MR) is 56.7 cm³/mol. The Kier molecular flexibility index (Phi) is 2.14. The van der Waals surface area contributed by atoms with Gasteiger partial charge in [0.1, 0.15) is 0 Å². The van der Waals surface area contributed by atoms with E-state index in [1.165, 1.54) is 0 Å². The maximum atomic E-state index is 4.31. The van der Waals surface area contributed by atoms with Gasteiger partial charge in [0, 0.05) is 11.6 Å². The number of thiazole rings is 1. The second-order valence-electron chi connectivity index (χ2n) is 2.37. The van der Waals surface area contributed by atoms with Gasteiger partial charge in [-0.3, -0.25) is 0 Å². The van der Waals surface area contributed by atoms with Crippen molar-refractivity contribution in [3.63, 3.8) is 0 Å². The minimum Gasteiger partial charge on any atom is -0.224 e. The maximum Gasteiger partial charge on any atom is 0.210 e. The average Bonchev–Trinajstić information content (AvgIpc) is 2.58. The van der Waals surface area contributed by atoms with E-state index in [0.717, 1.165) is 14.4 Å². The van der Waals surface area contributed by atoms with Crippen LogP contribution in [-0.2, 0) is 0 Å². The van der Waals surface area contributed by atoms with E-state index in [-0.39, 0.29) is 0 Å². The lowest BCUT2D eigenvalue weighted by molar-refractivity contribution is 0.865. The Morgan fingerprint density at radius 2 is 2.42 bits per heavy atom. The zero-order valence-corrected chi connectivity index (χ0v) is 9.33. The van der Waals surface area contributed by atoms with Crippen LogP contribution >= 0.6 is 33.9 Å². The fourth-order valence-electron chi connectivity index (χ4n) is 0.852. The van der Waals surface area contributed by atoms with Crippen LogP contribution in [-0.4, -0.2) is 14.8 Å². The fourth-order valence-corrected chi connectivity index (χ4v) is 1.97. The summed E-state index contributed by atoms with van der Waals surface area (Å²) in [5.74, 6) is 0. The van der Waals surface area contributed by atoms with Gasteiger partial charge in [-0.05, 0) is 29.5 Å². The smallest absolute Gasteiger partial charge is 0.210 e. The van der Waals surface area contributed by atoms with Crippen LogP contribution in [0.5, 0.6) is 0 Å². The normalized spacial score (nSPS) is 10.5. The highest BCUT2D eigenvalue weighted by atomic mass is 127. The van der Waals surface area contributed by atoms with Crippen molar-refractivity contribution in [2.75, 3.05) is 0 Å². The Hall–Kier alpha value is -0.430. The molecule has 0 bridgehead atoms. The molecular formula is C7H6IN3S. The van der Waals surface area contributed by atoms with E-state index in [1.54, 1.807) is 16.0 Å². The van der Waals surface area contributed by atoms with Crippen LogP contribution in [0.15, 0.2) is 17.8 Å². The molecule has 0 saturated heterocycles. The molecule has 5 heteroatoms. The summed E-state index contributed by atoms with van der Waals surface area (Å²) in [7, 11) is 0. The third-order valence-electron chi connectivity index (χ3n) is 1.35. The molecule has 3 nitrogen and oxygen atoms in total. The first-order valence-corrected chi connectivity index (χ1v) is 5.34. The molecule has 0 aliphatic carbocycles. The van der Waals surface area contributed by atoms with Crippen molar-refractivity contribution in [2.24, 2.45) is 0 Å². The number of hydrogen-bond acceptors (Lipinski definition) is 3. The van der Waals surface area contributed by atoms with E-state index in [9.17, 15) is 0 Å². The summed E-state index contributed by atoms with van der Waals surface area (Å²) >= 11 is 3.83. The molecule has 12 heavy (non-hydrogen) atoms. The monoisotopic (exact) mass is 291 g/mol. The number of halogens is 1.